The van der Waals surface area contributed by atoms with Gasteiger partial charge in [-0.25, -0.2) is 0 Å². The number of hydrogen-bond acceptors (Lipinski definition) is 3. The first-order valence-corrected chi connectivity index (χ1v) is 4.37. The Morgan fingerprint density at radius 3 is 3.00 bits per heavy atom. The summed E-state index contributed by atoms with van der Waals surface area (Å²) in [5, 5.41) is 5.37. The molecule has 0 aliphatic rings. The van der Waals surface area contributed by atoms with Gasteiger partial charge in [-0.05, 0) is 30.4 Å². The predicted octanol–water partition coefficient (Wildman–Crippen LogP) is 0.913. The number of carbonyl (C=O) groups is 1. The summed E-state index contributed by atoms with van der Waals surface area (Å²) in [6.07, 6.45) is 4.45. The molecule has 1 aromatic rings. The van der Waals surface area contributed by atoms with E-state index in [0.717, 1.165) is 0 Å². The topological polar surface area (TPSA) is 54.3 Å². The number of hydrogen-bond donors (Lipinski definition) is 2. The van der Waals surface area contributed by atoms with Crippen LogP contribution in [-0.4, -0.2) is 18.1 Å². The average molecular weight is 210 g/mol. The number of furan rings is 1. The summed E-state index contributed by atoms with van der Waals surface area (Å²) >= 11 is 4.75. The fraction of sp³-hybridized carbons (Fsp3) is 0.111. The Morgan fingerprint density at radius 2 is 2.43 bits per heavy atom. The predicted molar refractivity (Wildman–Crippen MR) is 57.5 cm³/mol. The van der Waals surface area contributed by atoms with E-state index in [1.807, 2.05) is 0 Å². The van der Waals surface area contributed by atoms with Crippen molar-refractivity contribution in [1.82, 2.24) is 10.6 Å². The highest BCUT2D eigenvalue weighted by atomic mass is 32.1. The fourth-order valence-electron chi connectivity index (χ4n) is 0.760. The lowest BCUT2D eigenvalue weighted by atomic mass is 10.4. The van der Waals surface area contributed by atoms with E-state index in [0.29, 0.717) is 10.9 Å². The molecule has 0 spiro atoms. The lowest BCUT2D eigenvalue weighted by Crippen LogP contribution is -2.36. The van der Waals surface area contributed by atoms with Crippen molar-refractivity contribution in [2.75, 3.05) is 7.05 Å². The van der Waals surface area contributed by atoms with Crippen LogP contribution >= 0.6 is 12.2 Å². The Labute approximate surface area is 87.0 Å². The van der Waals surface area contributed by atoms with Gasteiger partial charge in [0.2, 0.25) is 5.91 Å². The van der Waals surface area contributed by atoms with Crippen LogP contribution < -0.4 is 10.6 Å². The molecule has 1 amide bonds. The summed E-state index contributed by atoms with van der Waals surface area (Å²) in [7, 11) is 1.64. The lowest BCUT2D eigenvalue weighted by molar-refractivity contribution is -0.115. The SMILES string of the molecule is CNC(=S)NC(=O)/C=C/c1ccco1. The summed E-state index contributed by atoms with van der Waals surface area (Å²) in [5.41, 5.74) is 0. The van der Waals surface area contributed by atoms with Crippen LogP contribution in [0.25, 0.3) is 6.08 Å². The first-order valence-electron chi connectivity index (χ1n) is 3.96. The molecule has 5 heteroatoms. The molecule has 1 aromatic heterocycles. The first kappa shape index (κ1) is 10.5. The Balaban J connectivity index is 2.45. The second kappa shape index (κ2) is 5.18. The zero-order valence-corrected chi connectivity index (χ0v) is 8.43. The quantitative estimate of drug-likeness (QED) is 0.563. The Morgan fingerprint density at radius 1 is 1.64 bits per heavy atom. The maximum Gasteiger partial charge on any atom is 0.250 e. The van der Waals surface area contributed by atoms with Crippen molar-refractivity contribution in [3.8, 4) is 0 Å². The minimum Gasteiger partial charge on any atom is -0.465 e. The van der Waals surface area contributed by atoms with Gasteiger partial charge in [0.25, 0.3) is 0 Å². The van der Waals surface area contributed by atoms with E-state index < -0.39 is 0 Å². The summed E-state index contributed by atoms with van der Waals surface area (Å²) < 4.78 is 5.00. The number of rotatable bonds is 2. The van der Waals surface area contributed by atoms with Crippen LogP contribution in [0.3, 0.4) is 0 Å². The molecule has 2 N–H and O–H groups in total. The highest BCUT2D eigenvalue weighted by Gasteiger charge is 1.97. The number of carbonyl (C=O) groups excluding carboxylic acids is 1. The number of amides is 1. The molecule has 74 valence electrons. The average Bonchev–Trinajstić information content (AvgIpc) is 2.67. The van der Waals surface area contributed by atoms with E-state index in [9.17, 15) is 4.79 Å². The van der Waals surface area contributed by atoms with E-state index in [1.54, 1.807) is 25.3 Å². The van der Waals surface area contributed by atoms with Crippen LogP contribution in [0.2, 0.25) is 0 Å². The van der Waals surface area contributed by atoms with Gasteiger partial charge in [0, 0.05) is 13.1 Å². The van der Waals surface area contributed by atoms with Crippen LogP contribution in [0.4, 0.5) is 0 Å². The Bertz CT molecular complexity index is 344. The molecule has 0 aliphatic heterocycles. The molecule has 0 saturated carbocycles. The molecule has 0 saturated heterocycles. The summed E-state index contributed by atoms with van der Waals surface area (Å²) in [4.78, 5) is 11.1. The van der Waals surface area contributed by atoms with Crippen molar-refractivity contribution in [2.24, 2.45) is 0 Å². The van der Waals surface area contributed by atoms with Gasteiger partial charge < -0.3 is 9.73 Å². The molecule has 0 atom stereocenters. The van der Waals surface area contributed by atoms with Crippen molar-refractivity contribution >= 4 is 29.3 Å². The number of nitrogens with one attached hydrogen (secondary N) is 2. The second-order valence-electron chi connectivity index (χ2n) is 2.42. The van der Waals surface area contributed by atoms with Gasteiger partial charge in [0.15, 0.2) is 5.11 Å². The molecule has 0 aliphatic carbocycles. The standard InChI is InChI=1S/C9H10N2O2S/c1-10-9(14)11-8(12)5-4-7-3-2-6-13-7/h2-6H,1H3,(H2,10,11,12,14)/b5-4+. The van der Waals surface area contributed by atoms with Gasteiger partial charge in [-0.2, -0.15) is 0 Å². The van der Waals surface area contributed by atoms with Crippen molar-refractivity contribution in [3.05, 3.63) is 30.2 Å². The van der Waals surface area contributed by atoms with E-state index >= 15 is 0 Å². The third kappa shape index (κ3) is 3.40. The molecule has 1 heterocycles. The zero-order chi connectivity index (χ0) is 10.4. The van der Waals surface area contributed by atoms with Gasteiger partial charge >= 0.3 is 0 Å². The summed E-state index contributed by atoms with van der Waals surface area (Å²) in [5.74, 6) is 0.330. The molecule has 0 fully saturated rings. The molecular weight excluding hydrogens is 200 g/mol. The van der Waals surface area contributed by atoms with Gasteiger partial charge in [0.1, 0.15) is 5.76 Å². The highest BCUT2D eigenvalue weighted by Crippen LogP contribution is 2.01. The van der Waals surface area contributed by atoms with Crippen LogP contribution in [0.5, 0.6) is 0 Å². The maximum atomic E-state index is 11.1. The maximum absolute atomic E-state index is 11.1. The van der Waals surface area contributed by atoms with Gasteiger partial charge in [-0.3, -0.25) is 10.1 Å². The first-order chi connectivity index (χ1) is 6.72. The van der Waals surface area contributed by atoms with E-state index in [-0.39, 0.29) is 5.91 Å². The number of thiocarbonyl (C=S) groups is 1. The molecule has 0 radical (unpaired) electrons. The van der Waals surface area contributed by atoms with E-state index in [4.69, 9.17) is 16.6 Å². The molecule has 0 bridgehead atoms. The van der Waals surface area contributed by atoms with Crippen molar-refractivity contribution < 1.29 is 9.21 Å². The molecule has 14 heavy (non-hydrogen) atoms. The highest BCUT2D eigenvalue weighted by molar-refractivity contribution is 7.80. The monoisotopic (exact) mass is 210 g/mol. The normalized spacial score (nSPS) is 10.1. The van der Waals surface area contributed by atoms with E-state index in [2.05, 4.69) is 10.6 Å². The largest absolute Gasteiger partial charge is 0.465 e. The zero-order valence-electron chi connectivity index (χ0n) is 7.61. The van der Waals surface area contributed by atoms with Crippen LogP contribution in [0.1, 0.15) is 5.76 Å². The smallest absolute Gasteiger partial charge is 0.250 e. The van der Waals surface area contributed by atoms with Gasteiger partial charge in [-0.15, -0.1) is 0 Å². The van der Waals surface area contributed by atoms with Gasteiger partial charge in [0.05, 0.1) is 6.26 Å². The van der Waals surface area contributed by atoms with Crippen LogP contribution in [-0.2, 0) is 4.79 Å². The Kier molecular flexibility index (Phi) is 3.87. The Hall–Kier alpha value is -1.62. The third-order valence-electron chi connectivity index (χ3n) is 1.41. The molecular formula is C9H10N2O2S. The molecule has 1 rings (SSSR count). The minimum absolute atomic E-state index is 0.291. The molecule has 0 unspecified atom stereocenters. The van der Waals surface area contributed by atoms with Crippen molar-refractivity contribution in [1.29, 1.82) is 0 Å². The second-order valence-corrected chi connectivity index (χ2v) is 2.83. The van der Waals surface area contributed by atoms with Crippen molar-refractivity contribution in [2.45, 2.75) is 0 Å². The fourth-order valence-corrected chi connectivity index (χ4v) is 0.861. The third-order valence-corrected chi connectivity index (χ3v) is 1.71. The van der Waals surface area contributed by atoms with Crippen LogP contribution in [0, 0.1) is 0 Å². The van der Waals surface area contributed by atoms with Crippen LogP contribution in [0.15, 0.2) is 28.9 Å². The minimum atomic E-state index is -0.291. The lowest BCUT2D eigenvalue weighted by Gasteiger charge is -2.00. The molecule has 4 nitrogen and oxygen atoms in total. The molecule has 0 aromatic carbocycles. The summed E-state index contributed by atoms with van der Waals surface area (Å²) in [6, 6.07) is 3.50. The van der Waals surface area contributed by atoms with E-state index in [1.165, 1.54) is 12.3 Å². The van der Waals surface area contributed by atoms with Crippen molar-refractivity contribution in [3.63, 3.8) is 0 Å². The summed E-state index contributed by atoms with van der Waals surface area (Å²) in [6.45, 7) is 0. The van der Waals surface area contributed by atoms with Gasteiger partial charge in [-0.1, -0.05) is 0 Å².